The number of carboxylic acid groups (broad SMARTS) is 1. The molecule has 2 rings (SSSR count). The Labute approximate surface area is 94.0 Å². The van der Waals surface area contributed by atoms with Crippen LogP contribution in [0.2, 0.25) is 0 Å². The van der Waals surface area contributed by atoms with Crippen molar-refractivity contribution in [1.82, 2.24) is 0 Å². The van der Waals surface area contributed by atoms with Crippen LogP contribution < -0.4 is 10.5 Å². The van der Waals surface area contributed by atoms with E-state index in [4.69, 9.17) is 15.6 Å². The van der Waals surface area contributed by atoms with Gasteiger partial charge in [-0.05, 0) is 43.0 Å². The average Bonchev–Trinajstić information content (AvgIpc) is 2.60. The molecule has 0 aromatic heterocycles. The standard InChI is InChI=1S/C12H15NO3/c1-7(12(14)15)16-9-3-4-10-8(6-9)2-5-11(10)13/h3-4,6-7,11H,2,5,13H2,1H3,(H,14,15). The quantitative estimate of drug-likeness (QED) is 0.811. The highest BCUT2D eigenvalue weighted by molar-refractivity contribution is 5.72. The predicted octanol–water partition coefficient (Wildman–Crippen LogP) is 1.48. The molecule has 0 bridgehead atoms. The molecular weight excluding hydrogens is 206 g/mol. The number of fused-ring (bicyclic) bond motifs is 1. The van der Waals surface area contributed by atoms with Crippen LogP contribution in [-0.2, 0) is 11.2 Å². The highest BCUT2D eigenvalue weighted by atomic mass is 16.5. The molecule has 1 aliphatic rings. The van der Waals surface area contributed by atoms with Gasteiger partial charge in [0.2, 0.25) is 0 Å². The molecule has 1 aliphatic carbocycles. The lowest BCUT2D eigenvalue weighted by molar-refractivity contribution is -0.144. The molecule has 0 saturated heterocycles. The average molecular weight is 221 g/mol. The van der Waals surface area contributed by atoms with E-state index in [1.807, 2.05) is 12.1 Å². The van der Waals surface area contributed by atoms with Crippen molar-refractivity contribution < 1.29 is 14.6 Å². The smallest absolute Gasteiger partial charge is 0.344 e. The molecule has 0 amide bonds. The molecule has 1 aromatic rings. The summed E-state index contributed by atoms with van der Waals surface area (Å²) in [6.07, 6.45) is 1.07. The Hall–Kier alpha value is -1.55. The molecule has 86 valence electrons. The number of aliphatic carboxylic acids is 1. The van der Waals surface area contributed by atoms with E-state index < -0.39 is 12.1 Å². The first-order valence-electron chi connectivity index (χ1n) is 5.36. The summed E-state index contributed by atoms with van der Waals surface area (Å²) >= 11 is 0. The molecule has 0 radical (unpaired) electrons. The highest BCUT2D eigenvalue weighted by Crippen LogP contribution is 2.32. The number of ether oxygens (including phenoxy) is 1. The molecule has 0 saturated carbocycles. The van der Waals surface area contributed by atoms with Crippen molar-refractivity contribution in [2.45, 2.75) is 31.9 Å². The summed E-state index contributed by atoms with van der Waals surface area (Å²) in [7, 11) is 0. The lowest BCUT2D eigenvalue weighted by Crippen LogP contribution is -2.22. The number of hydrogen-bond donors (Lipinski definition) is 2. The second-order valence-electron chi connectivity index (χ2n) is 4.10. The van der Waals surface area contributed by atoms with Crippen LogP contribution in [0.1, 0.15) is 30.5 Å². The topological polar surface area (TPSA) is 72.5 Å². The van der Waals surface area contributed by atoms with Crippen molar-refractivity contribution in [3.63, 3.8) is 0 Å². The Kier molecular flexibility index (Phi) is 2.83. The maximum Gasteiger partial charge on any atom is 0.344 e. The van der Waals surface area contributed by atoms with E-state index in [-0.39, 0.29) is 6.04 Å². The minimum atomic E-state index is -0.961. The minimum Gasteiger partial charge on any atom is -0.479 e. The van der Waals surface area contributed by atoms with Crippen molar-refractivity contribution in [1.29, 1.82) is 0 Å². The normalized spacial score (nSPS) is 20.2. The molecule has 2 atom stereocenters. The summed E-state index contributed by atoms with van der Waals surface area (Å²) in [6, 6.07) is 5.71. The second kappa shape index (κ2) is 4.14. The number of nitrogens with two attached hydrogens (primary N) is 1. The number of aryl methyl sites for hydroxylation is 1. The molecule has 1 aromatic carbocycles. The van der Waals surface area contributed by atoms with Gasteiger partial charge in [0.05, 0.1) is 0 Å². The summed E-state index contributed by atoms with van der Waals surface area (Å²) in [5.74, 6) is -0.361. The van der Waals surface area contributed by atoms with E-state index >= 15 is 0 Å². The molecule has 0 heterocycles. The summed E-state index contributed by atoms with van der Waals surface area (Å²) < 4.78 is 5.30. The third-order valence-corrected chi connectivity index (χ3v) is 2.90. The number of hydrogen-bond acceptors (Lipinski definition) is 3. The van der Waals surface area contributed by atoms with Crippen LogP contribution in [0.5, 0.6) is 5.75 Å². The van der Waals surface area contributed by atoms with Gasteiger partial charge in [0, 0.05) is 6.04 Å². The Morgan fingerprint density at radius 2 is 2.38 bits per heavy atom. The van der Waals surface area contributed by atoms with Gasteiger partial charge >= 0.3 is 5.97 Å². The third-order valence-electron chi connectivity index (χ3n) is 2.90. The maximum absolute atomic E-state index is 10.6. The van der Waals surface area contributed by atoms with Crippen LogP contribution in [0.3, 0.4) is 0 Å². The van der Waals surface area contributed by atoms with E-state index in [9.17, 15) is 4.79 Å². The largest absolute Gasteiger partial charge is 0.479 e. The number of carbonyl (C=O) groups is 1. The van der Waals surface area contributed by atoms with E-state index in [0.717, 1.165) is 18.4 Å². The highest BCUT2D eigenvalue weighted by Gasteiger charge is 2.20. The van der Waals surface area contributed by atoms with Gasteiger partial charge in [-0.2, -0.15) is 0 Å². The zero-order chi connectivity index (χ0) is 11.7. The Bertz CT molecular complexity index is 417. The fraction of sp³-hybridized carbons (Fsp3) is 0.417. The molecule has 16 heavy (non-hydrogen) atoms. The maximum atomic E-state index is 10.6. The molecular formula is C12H15NO3. The van der Waals surface area contributed by atoms with Gasteiger partial charge in [0.15, 0.2) is 6.10 Å². The van der Waals surface area contributed by atoms with Gasteiger partial charge in [0.25, 0.3) is 0 Å². The first-order chi connectivity index (χ1) is 7.58. The number of benzene rings is 1. The van der Waals surface area contributed by atoms with Crippen LogP contribution >= 0.6 is 0 Å². The fourth-order valence-corrected chi connectivity index (χ4v) is 1.95. The SMILES string of the molecule is CC(Oc1ccc2c(c1)CCC2N)C(=O)O. The van der Waals surface area contributed by atoms with Crippen LogP contribution in [0, 0.1) is 0 Å². The van der Waals surface area contributed by atoms with E-state index in [0.29, 0.717) is 5.75 Å². The molecule has 2 unspecified atom stereocenters. The molecule has 4 nitrogen and oxygen atoms in total. The van der Waals surface area contributed by atoms with Gasteiger partial charge in [-0.3, -0.25) is 0 Å². The van der Waals surface area contributed by atoms with Crippen molar-refractivity contribution in [3.05, 3.63) is 29.3 Å². The molecule has 4 heteroatoms. The van der Waals surface area contributed by atoms with E-state index in [1.165, 1.54) is 12.5 Å². The number of rotatable bonds is 3. The fourth-order valence-electron chi connectivity index (χ4n) is 1.95. The van der Waals surface area contributed by atoms with Gasteiger partial charge in [-0.15, -0.1) is 0 Å². The van der Waals surface area contributed by atoms with Crippen LogP contribution in [0.25, 0.3) is 0 Å². The van der Waals surface area contributed by atoms with Gasteiger partial charge in [-0.1, -0.05) is 6.07 Å². The predicted molar refractivity (Wildman–Crippen MR) is 59.4 cm³/mol. The zero-order valence-electron chi connectivity index (χ0n) is 9.14. The molecule has 0 spiro atoms. The zero-order valence-corrected chi connectivity index (χ0v) is 9.14. The van der Waals surface area contributed by atoms with E-state index in [1.54, 1.807) is 6.07 Å². The lowest BCUT2D eigenvalue weighted by Gasteiger charge is -2.12. The monoisotopic (exact) mass is 221 g/mol. The Morgan fingerprint density at radius 1 is 1.62 bits per heavy atom. The van der Waals surface area contributed by atoms with Crippen molar-refractivity contribution in [2.24, 2.45) is 5.73 Å². The Balaban J connectivity index is 2.16. The summed E-state index contributed by atoms with van der Waals surface area (Å²) in [4.78, 5) is 10.6. The van der Waals surface area contributed by atoms with Crippen LogP contribution in [0.4, 0.5) is 0 Å². The van der Waals surface area contributed by atoms with Crippen molar-refractivity contribution >= 4 is 5.97 Å². The van der Waals surface area contributed by atoms with Gasteiger partial charge < -0.3 is 15.6 Å². The summed E-state index contributed by atoms with van der Waals surface area (Å²) in [5, 5.41) is 8.73. The minimum absolute atomic E-state index is 0.112. The number of carboxylic acids is 1. The molecule has 0 aliphatic heterocycles. The van der Waals surface area contributed by atoms with Crippen molar-refractivity contribution in [3.8, 4) is 5.75 Å². The summed E-state index contributed by atoms with van der Waals surface area (Å²) in [6.45, 7) is 1.52. The first kappa shape index (κ1) is 11.0. The van der Waals surface area contributed by atoms with Crippen LogP contribution in [0.15, 0.2) is 18.2 Å². The lowest BCUT2D eigenvalue weighted by atomic mass is 10.1. The Morgan fingerprint density at radius 3 is 3.06 bits per heavy atom. The van der Waals surface area contributed by atoms with Crippen LogP contribution in [-0.4, -0.2) is 17.2 Å². The summed E-state index contributed by atoms with van der Waals surface area (Å²) in [5.41, 5.74) is 8.23. The van der Waals surface area contributed by atoms with Gasteiger partial charge in [-0.25, -0.2) is 4.79 Å². The van der Waals surface area contributed by atoms with E-state index in [2.05, 4.69) is 0 Å². The third kappa shape index (κ3) is 2.02. The second-order valence-corrected chi connectivity index (χ2v) is 4.10. The molecule has 3 N–H and O–H groups in total. The first-order valence-corrected chi connectivity index (χ1v) is 5.36. The van der Waals surface area contributed by atoms with Crippen molar-refractivity contribution in [2.75, 3.05) is 0 Å². The van der Waals surface area contributed by atoms with Gasteiger partial charge in [0.1, 0.15) is 5.75 Å². The molecule has 0 fully saturated rings.